The number of rotatable bonds is 4. The minimum atomic E-state index is -5.08. The lowest BCUT2D eigenvalue weighted by molar-refractivity contribution is -0.192. The van der Waals surface area contributed by atoms with Crippen molar-refractivity contribution in [2.24, 2.45) is 0 Å². The molecule has 3 heterocycles. The number of aromatic amines is 1. The predicted molar refractivity (Wildman–Crippen MR) is 151 cm³/mol. The molecule has 0 spiro atoms. The number of pyridine rings is 1. The number of aliphatic carboxylic acids is 1. The maximum atomic E-state index is 12.2. The molecule has 2 aromatic heterocycles. The molecular formula is C29H30F3N5O4. The number of H-pyrrole nitrogens is 1. The molecule has 0 aliphatic carbocycles. The van der Waals surface area contributed by atoms with E-state index in [1.807, 2.05) is 25.1 Å². The summed E-state index contributed by atoms with van der Waals surface area (Å²) in [6, 6.07) is 16.5. The lowest BCUT2D eigenvalue weighted by atomic mass is 9.96. The number of piperazine rings is 1. The number of ether oxygens (including phenoxy) is 1. The molecule has 9 nitrogen and oxygen atoms in total. The monoisotopic (exact) mass is 569 g/mol. The first kappa shape index (κ1) is 29.4. The minimum absolute atomic E-state index is 0.410. The molecule has 41 heavy (non-hydrogen) atoms. The fourth-order valence-corrected chi connectivity index (χ4v) is 4.52. The number of aromatic nitrogens is 2. The molecule has 0 bridgehead atoms. The van der Waals surface area contributed by atoms with Crippen molar-refractivity contribution in [1.29, 1.82) is 0 Å². The summed E-state index contributed by atoms with van der Waals surface area (Å²) < 4.78 is 36.7. The highest BCUT2D eigenvalue weighted by Crippen LogP contribution is 2.39. The van der Waals surface area contributed by atoms with E-state index >= 15 is 0 Å². The second-order valence-corrected chi connectivity index (χ2v) is 9.70. The van der Waals surface area contributed by atoms with Crippen LogP contribution >= 0.6 is 0 Å². The average molecular weight is 570 g/mol. The molecule has 1 fully saturated rings. The number of alkyl halides is 3. The van der Waals surface area contributed by atoms with Crippen LogP contribution in [0.15, 0.2) is 54.7 Å². The second kappa shape index (κ2) is 11.9. The first-order valence-electron chi connectivity index (χ1n) is 12.7. The quantitative estimate of drug-likeness (QED) is 0.233. The highest BCUT2D eigenvalue weighted by atomic mass is 19.4. The van der Waals surface area contributed by atoms with Crippen molar-refractivity contribution in [3.63, 3.8) is 0 Å². The summed E-state index contributed by atoms with van der Waals surface area (Å²) in [4.78, 5) is 33.9. The van der Waals surface area contributed by atoms with Gasteiger partial charge in [0.05, 0.1) is 18.4 Å². The third kappa shape index (κ3) is 6.60. The number of nitrogen functional groups attached to an aromatic ring is 1. The van der Waals surface area contributed by atoms with E-state index in [0.29, 0.717) is 11.2 Å². The normalized spacial score (nSPS) is 14.0. The largest absolute Gasteiger partial charge is 0.490 e. The zero-order chi connectivity index (χ0) is 29.9. The van der Waals surface area contributed by atoms with Gasteiger partial charge in [-0.3, -0.25) is 0 Å². The number of carboxylic acid groups (broad SMARTS) is 1. The van der Waals surface area contributed by atoms with Crippen LogP contribution in [-0.4, -0.2) is 78.4 Å². The van der Waals surface area contributed by atoms with Gasteiger partial charge in [-0.2, -0.15) is 13.2 Å². The fraction of sp³-hybridized carbons (Fsp3) is 0.276. The number of benzene rings is 2. The Kier molecular flexibility index (Phi) is 8.52. The standard InChI is InChI=1S/C27H29N5O2.C2HF3O2/c1-17-4-5-19(15-23(17)28)24-22-14-20(27(33)34-3)16-29-26(22)30-25(24)18-6-8-21(9-7-18)32-12-10-31(2)11-13-32;3-2(4,5)1(6)7/h4-9,14-16H,10-13,28H2,1-3H3,(H,29,30);(H,6,7). The SMILES string of the molecule is COC(=O)c1cnc2[nH]c(-c3ccc(N4CCN(C)CC4)cc3)c(-c3ccc(C)c(N)c3)c2c1.O=C(O)C(F)(F)F. The van der Waals surface area contributed by atoms with Crippen molar-refractivity contribution in [1.82, 2.24) is 14.9 Å². The number of methoxy groups -OCH3 is 1. The number of hydrogen-bond donors (Lipinski definition) is 3. The number of aryl methyl sites for hydroxylation is 1. The summed E-state index contributed by atoms with van der Waals surface area (Å²) in [6.07, 6.45) is -3.54. The molecule has 0 saturated carbocycles. The highest BCUT2D eigenvalue weighted by molar-refractivity contribution is 6.05. The Morgan fingerprint density at radius 3 is 2.20 bits per heavy atom. The number of esters is 1. The summed E-state index contributed by atoms with van der Waals surface area (Å²) in [5.74, 6) is -3.17. The Bertz CT molecular complexity index is 1560. The van der Waals surface area contributed by atoms with Crippen LogP contribution in [0, 0.1) is 6.92 Å². The summed E-state index contributed by atoms with van der Waals surface area (Å²) in [7, 11) is 3.54. The van der Waals surface area contributed by atoms with Crippen molar-refractivity contribution in [2.75, 3.05) is 51.0 Å². The number of anilines is 2. The lowest BCUT2D eigenvalue weighted by Crippen LogP contribution is -2.44. The number of nitrogens with one attached hydrogen (secondary N) is 1. The first-order valence-corrected chi connectivity index (χ1v) is 12.7. The number of hydrogen-bond acceptors (Lipinski definition) is 7. The van der Waals surface area contributed by atoms with E-state index < -0.39 is 18.1 Å². The van der Waals surface area contributed by atoms with Gasteiger partial charge in [0.15, 0.2) is 0 Å². The molecule has 1 saturated heterocycles. The van der Waals surface area contributed by atoms with Crippen molar-refractivity contribution in [2.45, 2.75) is 13.1 Å². The van der Waals surface area contributed by atoms with E-state index in [-0.39, 0.29) is 0 Å². The number of likely N-dealkylation sites (N-methyl/N-ethyl adjacent to an activating group) is 1. The molecule has 4 aromatic rings. The molecular weight excluding hydrogens is 539 g/mol. The van der Waals surface area contributed by atoms with Crippen molar-refractivity contribution >= 4 is 34.3 Å². The zero-order valence-corrected chi connectivity index (χ0v) is 22.7. The van der Waals surface area contributed by atoms with Crippen LogP contribution in [0.2, 0.25) is 0 Å². The van der Waals surface area contributed by atoms with Crippen LogP contribution < -0.4 is 10.6 Å². The molecule has 0 unspecified atom stereocenters. The van der Waals surface area contributed by atoms with Crippen LogP contribution in [0.5, 0.6) is 0 Å². The van der Waals surface area contributed by atoms with E-state index in [9.17, 15) is 18.0 Å². The Morgan fingerprint density at radius 2 is 1.63 bits per heavy atom. The first-order chi connectivity index (χ1) is 19.4. The molecule has 0 atom stereocenters. The molecule has 1 aliphatic rings. The molecule has 5 rings (SSSR count). The number of halogens is 3. The van der Waals surface area contributed by atoms with E-state index in [2.05, 4.69) is 57.1 Å². The Labute approximate surface area is 234 Å². The van der Waals surface area contributed by atoms with Gasteiger partial charge in [0.2, 0.25) is 0 Å². The molecule has 4 N–H and O–H groups in total. The summed E-state index contributed by atoms with van der Waals surface area (Å²) in [5.41, 5.74) is 14.3. The van der Waals surface area contributed by atoms with E-state index in [1.54, 1.807) is 0 Å². The van der Waals surface area contributed by atoms with E-state index in [4.69, 9.17) is 20.4 Å². The van der Waals surface area contributed by atoms with Crippen molar-refractivity contribution in [3.8, 4) is 22.4 Å². The van der Waals surface area contributed by atoms with Crippen LogP contribution in [-0.2, 0) is 9.53 Å². The smallest absolute Gasteiger partial charge is 0.475 e. The number of nitrogens with zero attached hydrogens (tertiary/aromatic N) is 3. The number of nitrogens with two attached hydrogens (primary N) is 1. The van der Waals surface area contributed by atoms with Gasteiger partial charge in [-0.05, 0) is 54.9 Å². The maximum absolute atomic E-state index is 12.2. The molecule has 0 radical (unpaired) electrons. The maximum Gasteiger partial charge on any atom is 0.490 e. The van der Waals surface area contributed by atoms with E-state index in [0.717, 1.165) is 65.2 Å². The van der Waals surface area contributed by atoms with Crippen LogP contribution in [0.3, 0.4) is 0 Å². The zero-order valence-electron chi connectivity index (χ0n) is 22.7. The third-order valence-electron chi connectivity index (χ3n) is 6.91. The fourth-order valence-electron chi connectivity index (χ4n) is 4.52. The summed E-state index contributed by atoms with van der Waals surface area (Å²) in [6.45, 7) is 6.17. The number of carboxylic acids is 1. The Balaban J connectivity index is 0.000000493. The Morgan fingerprint density at radius 1 is 1.02 bits per heavy atom. The predicted octanol–water partition coefficient (Wildman–Crippen LogP) is 4.96. The van der Waals surface area contributed by atoms with Crippen LogP contribution in [0.4, 0.5) is 24.5 Å². The third-order valence-corrected chi connectivity index (χ3v) is 6.91. The van der Waals surface area contributed by atoms with Crippen LogP contribution in [0.25, 0.3) is 33.4 Å². The van der Waals surface area contributed by atoms with Gasteiger partial charge in [-0.15, -0.1) is 0 Å². The molecule has 1 aliphatic heterocycles. The van der Waals surface area contributed by atoms with Gasteiger partial charge < -0.3 is 30.4 Å². The van der Waals surface area contributed by atoms with Gasteiger partial charge in [0, 0.05) is 54.7 Å². The highest BCUT2D eigenvalue weighted by Gasteiger charge is 2.38. The van der Waals surface area contributed by atoms with Crippen LogP contribution in [0.1, 0.15) is 15.9 Å². The van der Waals surface area contributed by atoms with Gasteiger partial charge in [0.1, 0.15) is 5.65 Å². The van der Waals surface area contributed by atoms with Gasteiger partial charge >= 0.3 is 18.1 Å². The van der Waals surface area contributed by atoms with Crippen molar-refractivity contribution in [3.05, 3.63) is 65.9 Å². The topological polar surface area (TPSA) is 125 Å². The molecule has 2 aromatic carbocycles. The second-order valence-electron chi connectivity index (χ2n) is 9.70. The number of carbonyl (C=O) groups excluding carboxylic acids is 1. The minimum Gasteiger partial charge on any atom is -0.475 e. The van der Waals surface area contributed by atoms with E-state index in [1.165, 1.54) is 19.0 Å². The van der Waals surface area contributed by atoms with Gasteiger partial charge in [-0.1, -0.05) is 24.3 Å². The van der Waals surface area contributed by atoms with Crippen molar-refractivity contribution < 1.29 is 32.6 Å². The van der Waals surface area contributed by atoms with Gasteiger partial charge in [-0.25, -0.2) is 14.6 Å². The lowest BCUT2D eigenvalue weighted by Gasteiger charge is -2.34. The van der Waals surface area contributed by atoms with Gasteiger partial charge in [0.25, 0.3) is 0 Å². The Hall–Kier alpha value is -4.58. The average Bonchev–Trinajstić information content (AvgIpc) is 3.33. The molecule has 12 heteroatoms. The number of carbonyl (C=O) groups is 2. The summed E-state index contributed by atoms with van der Waals surface area (Å²) >= 11 is 0. The molecule has 216 valence electrons. The summed E-state index contributed by atoms with van der Waals surface area (Å²) in [5, 5.41) is 7.98. The number of fused-ring (bicyclic) bond motifs is 1. The molecule has 0 amide bonds.